The molecule has 1 N–H and O–H groups in total. The van der Waals surface area contributed by atoms with Crippen LogP contribution in [0.4, 0.5) is 0 Å². The lowest BCUT2D eigenvalue weighted by atomic mass is 10.1. The Kier molecular flexibility index (Phi) is 5.57. The number of halogens is 1. The zero-order valence-corrected chi connectivity index (χ0v) is 13.8. The highest BCUT2D eigenvalue weighted by atomic mass is 35.5. The van der Waals surface area contributed by atoms with Gasteiger partial charge in [0.2, 0.25) is 5.91 Å². The van der Waals surface area contributed by atoms with Gasteiger partial charge >= 0.3 is 0 Å². The Bertz CT molecular complexity index is 621. The largest absolute Gasteiger partial charge is 0.348 e. The number of amides is 1. The number of hydrogen-bond acceptors (Lipinski definition) is 3. The van der Waals surface area contributed by atoms with Gasteiger partial charge in [-0.1, -0.05) is 23.7 Å². The van der Waals surface area contributed by atoms with E-state index in [1.807, 2.05) is 56.5 Å². The molecule has 0 aliphatic carbocycles. The van der Waals surface area contributed by atoms with Crippen LogP contribution in [0.1, 0.15) is 17.2 Å². The summed E-state index contributed by atoms with van der Waals surface area (Å²) in [5.41, 5.74) is 1.94. The first-order valence-corrected chi connectivity index (χ1v) is 7.49. The Balaban J connectivity index is 2.05. The zero-order chi connectivity index (χ0) is 16.1. The molecule has 1 aromatic carbocycles. The fourth-order valence-corrected chi connectivity index (χ4v) is 2.41. The Hall–Kier alpha value is -1.85. The van der Waals surface area contributed by atoms with Crippen molar-refractivity contribution in [2.45, 2.75) is 12.5 Å². The predicted molar refractivity (Wildman–Crippen MR) is 87.8 cm³/mol. The second-order valence-corrected chi connectivity index (χ2v) is 6.07. The van der Waals surface area contributed by atoms with Gasteiger partial charge in [-0.3, -0.25) is 9.48 Å². The van der Waals surface area contributed by atoms with Crippen molar-refractivity contribution in [3.8, 4) is 0 Å². The lowest BCUT2D eigenvalue weighted by molar-refractivity contribution is -0.121. The van der Waals surface area contributed by atoms with Crippen LogP contribution in [-0.4, -0.2) is 41.2 Å². The number of hydrogen-bond donors (Lipinski definition) is 1. The number of likely N-dealkylation sites (N-methyl/N-ethyl adjacent to an activating group) is 1. The summed E-state index contributed by atoms with van der Waals surface area (Å²) in [5, 5.41) is 7.85. The molecule has 0 unspecified atom stereocenters. The van der Waals surface area contributed by atoms with Crippen LogP contribution < -0.4 is 5.32 Å². The summed E-state index contributed by atoms with van der Waals surface area (Å²) >= 11 is 5.93. The fourth-order valence-electron chi connectivity index (χ4n) is 2.29. The van der Waals surface area contributed by atoms with Crippen molar-refractivity contribution in [1.29, 1.82) is 0 Å². The third-order valence-corrected chi connectivity index (χ3v) is 3.53. The van der Waals surface area contributed by atoms with Crippen molar-refractivity contribution in [1.82, 2.24) is 20.0 Å². The summed E-state index contributed by atoms with van der Waals surface area (Å²) in [7, 11) is 5.80. The summed E-state index contributed by atoms with van der Waals surface area (Å²) in [6, 6.07) is 7.50. The second-order valence-electron chi connectivity index (χ2n) is 5.63. The van der Waals surface area contributed by atoms with Crippen LogP contribution in [0.2, 0.25) is 5.02 Å². The first-order valence-electron chi connectivity index (χ1n) is 7.11. The fraction of sp³-hybridized carbons (Fsp3) is 0.375. The van der Waals surface area contributed by atoms with Crippen molar-refractivity contribution < 1.29 is 4.79 Å². The minimum atomic E-state index is -0.0727. The molecule has 0 saturated heterocycles. The molecule has 118 valence electrons. The molecule has 0 radical (unpaired) electrons. The van der Waals surface area contributed by atoms with Crippen LogP contribution in [0, 0.1) is 0 Å². The van der Waals surface area contributed by atoms with Gasteiger partial charge in [0.05, 0.1) is 18.7 Å². The average molecular weight is 321 g/mol. The van der Waals surface area contributed by atoms with Gasteiger partial charge in [-0.15, -0.1) is 0 Å². The molecule has 1 aromatic heterocycles. The monoisotopic (exact) mass is 320 g/mol. The molecular weight excluding hydrogens is 300 g/mol. The molecule has 0 aliphatic heterocycles. The normalized spacial score (nSPS) is 12.4. The molecule has 6 heteroatoms. The first kappa shape index (κ1) is 16.5. The van der Waals surface area contributed by atoms with Crippen molar-refractivity contribution in [3.63, 3.8) is 0 Å². The quantitative estimate of drug-likeness (QED) is 0.886. The van der Waals surface area contributed by atoms with Crippen LogP contribution in [-0.2, 0) is 18.3 Å². The highest BCUT2D eigenvalue weighted by Crippen LogP contribution is 2.17. The molecule has 1 atom stereocenters. The molecule has 1 amide bonds. The maximum Gasteiger partial charge on any atom is 0.225 e. The van der Waals surface area contributed by atoms with Crippen molar-refractivity contribution in [2.75, 3.05) is 20.6 Å². The minimum absolute atomic E-state index is 0.0187. The lowest BCUT2D eigenvalue weighted by Crippen LogP contribution is -2.36. The number of nitrogens with zero attached hydrogens (tertiary/aromatic N) is 3. The van der Waals surface area contributed by atoms with E-state index in [0.717, 1.165) is 17.7 Å². The number of aryl methyl sites for hydroxylation is 1. The molecule has 22 heavy (non-hydrogen) atoms. The number of benzene rings is 1. The van der Waals surface area contributed by atoms with Crippen LogP contribution in [0.15, 0.2) is 36.7 Å². The van der Waals surface area contributed by atoms with Crippen molar-refractivity contribution in [3.05, 3.63) is 52.8 Å². The highest BCUT2D eigenvalue weighted by molar-refractivity contribution is 6.30. The minimum Gasteiger partial charge on any atom is -0.348 e. The second kappa shape index (κ2) is 7.42. The molecule has 0 spiro atoms. The molecule has 2 aromatic rings. The summed E-state index contributed by atoms with van der Waals surface area (Å²) in [4.78, 5) is 14.3. The zero-order valence-electron chi connectivity index (χ0n) is 13.1. The molecule has 0 bridgehead atoms. The van der Waals surface area contributed by atoms with Gasteiger partial charge in [0.1, 0.15) is 0 Å². The van der Waals surface area contributed by atoms with Gasteiger partial charge in [-0.2, -0.15) is 5.10 Å². The van der Waals surface area contributed by atoms with E-state index in [1.54, 1.807) is 10.9 Å². The molecule has 0 aliphatic rings. The highest BCUT2D eigenvalue weighted by Gasteiger charge is 2.16. The predicted octanol–water partition coefficient (Wildman–Crippen LogP) is 2.04. The lowest BCUT2D eigenvalue weighted by Gasteiger charge is -2.23. The van der Waals surface area contributed by atoms with Gasteiger partial charge in [-0.25, -0.2) is 0 Å². The Morgan fingerprint density at radius 2 is 2.05 bits per heavy atom. The van der Waals surface area contributed by atoms with Crippen LogP contribution in [0.5, 0.6) is 0 Å². The number of carbonyl (C=O) groups excluding carboxylic acids is 1. The third kappa shape index (κ3) is 4.86. The topological polar surface area (TPSA) is 50.2 Å². The summed E-state index contributed by atoms with van der Waals surface area (Å²) in [6.45, 7) is 0.723. The smallest absolute Gasteiger partial charge is 0.225 e. The summed E-state index contributed by atoms with van der Waals surface area (Å²) in [6.07, 6.45) is 3.89. The maximum atomic E-state index is 12.3. The van der Waals surface area contributed by atoms with Crippen LogP contribution >= 0.6 is 11.6 Å². The number of nitrogens with one attached hydrogen (secondary N) is 1. The molecule has 5 nitrogen and oxygen atoms in total. The van der Waals surface area contributed by atoms with E-state index in [9.17, 15) is 4.79 Å². The van der Waals surface area contributed by atoms with Gasteiger partial charge in [0, 0.05) is 24.8 Å². The van der Waals surface area contributed by atoms with E-state index in [4.69, 9.17) is 11.6 Å². The first-order chi connectivity index (χ1) is 10.4. The maximum absolute atomic E-state index is 12.3. The molecule has 1 heterocycles. The molecular formula is C16H21ClN4O. The summed E-state index contributed by atoms with van der Waals surface area (Å²) < 4.78 is 1.69. The Labute approximate surface area is 135 Å². The third-order valence-electron chi connectivity index (χ3n) is 3.28. The van der Waals surface area contributed by atoms with Crippen LogP contribution in [0.3, 0.4) is 0 Å². The number of aromatic nitrogens is 2. The number of carbonyl (C=O) groups is 1. The Morgan fingerprint density at radius 1 is 1.36 bits per heavy atom. The SMILES string of the molecule is CN(C)C[C@H](NC(=O)Cc1cnn(C)c1)c1ccc(Cl)cc1. The summed E-state index contributed by atoms with van der Waals surface area (Å²) in [5.74, 6) is -0.0187. The number of rotatable bonds is 6. The van der Waals surface area contributed by atoms with E-state index in [1.165, 1.54) is 0 Å². The van der Waals surface area contributed by atoms with Gasteiger partial charge in [0.15, 0.2) is 0 Å². The standard InChI is InChI=1S/C16H21ClN4O/c1-20(2)11-15(13-4-6-14(17)7-5-13)19-16(22)8-12-9-18-21(3)10-12/h4-7,9-10,15H,8,11H2,1-3H3,(H,19,22)/t15-/m0/s1. The molecule has 2 rings (SSSR count). The molecule has 0 saturated carbocycles. The van der Waals surface area contributed by atoms with Gasteiger partial charge in [0.25, 0.3) is 0 Å². The van der Waals surface area contributed by atoms with E-state index in [0.29, 0.717) is 11.4 Å². The van der Waals surface area contributed by atoms with Crippen LogP contribution in [0.25, 0.3) is 0 Å². The van der Waals surface area contributed by atoms with E-state index >= 15 is 0 Å². The average Bonchev–Trinajstić information content (AvgIpc) is 2.83. The van der Waals surface area contributed by atoms with Crippen molar-refractivity contribution >= 4 is 17.5 Å². The molecule has 0 fully saturated rings. The van der Waals surface area contributed by atoms with Crippen molar-refractivity contribution in [2.24, 2.45) is 7.05 Å². The van der Waals surface area contributed by atoms with Gasteiger partial charge < -0.3 is 10.2 Å². The van der Waals surface area contributed by atoms with E-state index in [-0.39, 0.29) is 11.9 Å². The van der Waals surface area contributed by atoms with Gasteiger partial charge in [-0.05, 0) is 37.4 Å². The van der Waals surface area contributed by atoms with E-state index < -0.39 is 0 Å². The Morgan fingerprint density at radius 3 is 2.59 bits per heavy atom. The van der Waals surface area contributed by atoms with E-state index in [2.05, 4.69) is 10.4 Å².